The largest absolute Gasteiger partial charge is 0.491 e. The lowest BCUT2D eigenvalue weighted by Gasteiger charge is -2.13. The molecule has 0 aliphatic heterocycles. The quantitative estimate of drug-likeness (QED) is 0.461. The summed E-state index contributed by atoms with van der Waals surface area (Å²) in [6.07, 6.45) is 3.77. The maximum atomic E-state index is 12.2. The second-order valence-electron chi connectivity index (χ2n) is 5.72. The zero-order valence-electron chi connectivity index (χ0n) is 15.2. The van der Waals surface area contributed by atoms with Gasteiger partial charge < -0.3 is 20.1 Å². The monoisotopic (exact) mass is 354 g/mol. The smallest absolute Gasteiger partial charge is 0.243 e. The molecular weight excluding hydrogens is 328 g/mol. The normalized spacial score (nSPS) is 10.0. The molecule has 0 aliphatic rings. The standard InChI is InChI=1S/C21H26N2O3/c1-3-5-15-26-20-9-7-6-8-19(20)22-16-21(24)23-17-10-12-18(13-11-17)25-14-4-2/h4,6-13,22H,2-3,5,14-16H2,1H3,(H,23,24). The number of unbranched alkanes of at least 4 members (excludes halogenated alkanes) is 1. The topological polar surface area (TPSA) is 59.6 Å². The van der Waals surface area contributed by atoms with Gasteiger partial charge in [-0.2, -0.15) is 0 Å². The van der Waals surface area contributed by atoms with Gasteiger partial charge in [0.15, 0.2) is 0 Å². The van der Waals surface area contributed by atoms with Crippen LogP contribution >= 0.6 is 0 Å². The number of hydrogen-bond donors (Lipinski definition) is 2. The molecule has 0 saturated heterocycles. The Balaban J connectivity index is 1.84. The summed E-state index contributed by atoms with van der Waals surface area (Å²) in [6, 6.07) is 14.9. The van der Waals surface area contributed by atoms with Gasteiger partial charge in [0, 0.05) is 5.69 Å². The maximum absolute atomic E-state index is 12.2. The van der Waals surface area contributed by atoms with Gasteiger partial charge in [-0.15, -0.1) is 0 Å². The highest BCUT2D eigenvalue weighted by molar-refractivity contribution is 5.94. The minimum absolute atomic E-state index is 0.131. The van der Waals surface area contributed by atoms with Crippen LogP contribution in [-0.4, -0.2) is 25.7 Å². The van der Waals surface area contributed by atoms with Gasteiger partial charge in [-0.05, 0) is 42.8 Å². The molecule has 1 amide bonds. The number of benzene rings is 2. The van der Waals surface area contributed by atoms with Gasteiger partial charge in [0.05, 0.1) is 18.8 Å². The minimum atomic E-state index is -0.131. The van der Waals surface area contributed by atoms with Crippen molar-refractivity contribution in [2.75, 3.05) is 30.4 Å². The van der Waals surface area contributed by atoms with E-state index in [2.05, 4.69) is 24.1 Å². The molecule has 0 spiro atoms. The summed E-state index contributed by atoms with van der Waals surface area (Å²) in [5.74, 6) is 1.37. The molecule has 5 nitrogen and oxygen atoms in total. The lowest BCUT2D eigenvalue weighted by atomic mass is 10.2. The van der Waals surface area contributed by atoms with Crippen molar-refractivity contribution in [2.24, 2.45) is 0 Å². The Labute approximate surface area is 155 Å². The van der Waals surface area contributed by atoms with Crippen LogP contribution in [0.1, 0.15) is 19.8 Å². The molecule has 5 heteroatoms. The van der Waals surface area contributed by atoms with E-state index in [0.717, 1.165) is 35.7 Å². The molecule has 0 aromatic heterocycles. The van der Waals surface area contributed by atoms with Crippen LogP contribution in [0.5, 0.6) is 11.5 Å². The first-order valence-corrected chi connectivity index (χ1v) is 8.82. The molecule has 0 aliphatic carbocycles. The first-order chi connectivity index (χ1) is 12.7. The van der Waals surface area contributed by atoms with Crippen LogP contribution in [0.3, 0.4) is 0 Å². The molecular formula is C21H26N2O3. The highest BCUT2D eigenvalue weighted by Crippen LogP contribution is 2.23. The van der Waals surface area contributed by atoms with Crippen LogP contribution in [-0.2, 0) is 4.79 Å². The first kappa shape index (κ1) is 19.4. The van der Waals surface area contributed by atoms with Crippen molar-refractivity contribution in [2.45, 2.75) is 19.8 Å². The Morgan fingerprint density at radius 3 is 2.62 bits per heavy atom. The summed E-state index contributed by atoms with van der Waals surface area (Å²) in [6.45, 7) is 7.01. The Kier molecular flexibility index (Phi) is 8.06. The van der Waals surface area contributed by atoms with E-state index >= 15 is 0 Å². The fraction of sp³-hybridized carbons (Fsp3) is 0.286. The summed E-state index contributed by atoms with van der Waals surface area (Å²) in [7, 11) is 0. The van der Waals surface area contributed by atoms with E-state index in [0.29, 0.717) is 13.2 Å². The Morgan fingerprint density at radius 1 is 1.12 bits per heavy atom. The highest BCUT2D eigenvalue weighted by atomic mass is 16.5. The molecule has 2 aromatic carbocycles. The predicted octanol–water partition coefficient (Wildman–Crippen LogP) is 4.48. The Bertz CT molecular complexity index is 699. The van der Waals surface area contributed by atoms with E-state index in [-0.39, 0.29) is 12.5 Å². The van der Waals surface area contributed by atoms with Crippen molar-refractivity contribution < 1.29 is 14.3 Å². The molecule has 0 bridgehead atoms. The lowest BCUT2D eigenvalue weighted by Crippen LogP contribution is -2.22. The van der Waals surface area contributed by atoms with Gasteiger partial charge in [0.2, 0.25) is 5.91 Å². The van der Waals surface area contributed by atoms with Crippen LogP contribution in [0.4, 0.5) is 11.4 Å². The van der Waals surface area contributed by atoms with E-state index in [1.54, 1.807) is 18.2 Å². The number of carbonyl (C=O) groups excluding carboxylic acids is 1. The number of nitrogens with one attached hydrogen (secondary N) is 2. The third-order valence-electron chi connectivity index (χ3n) is 3.59. The number of anilines is 2. The molecule has 2 N–H and O–H groups in total. The van der Waals surface area contributed by atoms with E-state index in [1.807, 2.05) is 36.4 Å². The third kappa shape index (κ3) is 6.51. The van der Waals surface area contributed by atoms with Gasteiger partial charge in [0.25, 0.3) is 0 Å². The van der Waals surface area contributed by atoms with Crippen LogP contribution in [0.25, 0.3) is 0 Å². The third-order valence-corrected chi connectivity index (χ3v) is 3.59. The van der Waals surface area contributed by atoms with E-state index in [1.165, 1.54) is 0 Å². The van der Waals surface area contributed by atoms with Crippen molar-refractivity contribution in [3.05, 3.63) is 61.2 Å². The van der Waals surface area contributed by atoms with Gasteiger partial charge in [0.1, 0.15) is 18.1 Å². The molecule has 0 radical (unpaired) electrons. The van der Waals surface area contributed by atoms with Crippen molar-refractivity contribution in [1.29, 1.82) is 0 Å². The Morgan fingerprint density at radius 2 is 1.88 bits per heavy atom. The molecule has 2 rings (SSSR count). The van der Waals surface area contributed by atoms with Crippen LogP contribution in [0.2, 0.25) is 0 Å². The van der Waals surface area contributed by atoms with Crippen molar-refractivity contribution in [1.82, 2.24) is 0 Å². The second kappa shape index (κ2) is 10.8. The number of rotatable bonds is 11. The van der Waals surface area contributed by atoms with Crippen molar-refractivity contribution in [3.8, 4) is 11.5 Å². The predicted molar refractivity (Wildman–Crippen MR) is 106 cm³/mol. The Hall–Kier alpha value is -2.95. The van der Waals surface area contributed by atoms with E-state index in [4.69, 9.17) is 9.47 Å². The zero-order chi connectivity index (χ0) is 18.6. The molecule has 0 heterocycles. The van der Waals surface area contributed by atoms with Gasteiger partial charge in [-0.3, -0.25) is 4.79 Å². The fourth-order valence-electron chi connectivity index (χ4n) is 2.24. The summed E-state index contributed by atoms with van der Waals surface area (Å²) in [5, 5.41) is 5.98. The molecule has 26 heavy (non-hydrogen) atoms. The average molecular weight is 354 g/mol. The number of amides is 1. The van der Waals surface area contributed by atoms with Crippen molar-refractivity contribution in [3.63, 3.8) is 0 Å². The van der Waals surface area contributed by atoms with Crippen molar-refractivity contribution >= 4 is 17.3 Å². The van der Waals surface area contributed by atoms with Crippen LogP contribution < -0.4 is 20.1 Å². The number of carbonyl (C=O) groups is 1. The fourth-order valence-corrected chi connectivity index (χ4v) is 2.24. The highest BCUT2D eigenvalue weighted by Gasteiger charge is 2.06. The van der Waals surface area contributed by atoms with Gasteiger partial charge in [-0.25, -0.2) is 0 Å². The van der Waals surface area contributed by atoms with Gasteiger partial charge in [-0.1, -0.05) is 38.1 Å². The van der Waals surface area contributed by atoms with Crippen LogP contribution in [0.15, 0.2) is 61.2 Å². The summed E-state index contributed by atoms with van der Waals surface area (Å²) in [4.78, 5) is 12.2. The first-order valence-electron chi connectivity index (χ1n) is 8.82. The van der Waals surface area contributed by atoms with E-state index in [9.17, 15) is 4.79 Å². The number of para-hydroxylation sites is 2. The SMILES string of the molecule is C=CCOc1ccc(NC(=O)CNc2ccccc2OCCCC)cc1. The number of ether oxygens (including phenoxy) is 2. The number of hydrogen-bond acceptors (Lipinski definition) is 4. The zero-order valence-corrected chi connectivity index (χ0v) is 15.2. The molecule has 138 valence electrons. The molecule has 0 saturated carbocycles. The van der Waals surface area contributed by atoms with Crippen LogP contribution in [0, 0.1) is 0 Å². The summed E-state index contributed by atoms with van der Waals surface area (Å²) < 4.78 is 11.2. The molecule has 2 aromatic rings. The second-order valence-corrected chi connectivity index (χ2v) is 5.72. The summed E-state index contributed by atoms with van der Waals surface area (Å²) >= 11 is 0. The van der Waals surface area contributed by atoms with Gasteiger partial charge >= 0.3 is 0 Å². The molecule has 0 unspecified atom stereocenters. The molecule has 0 atom stereocenters. The average Bonchev–Trinajstić information content (AvgIpc) is 2.67. The lowest BCUT2D eigenvalue weighted by molar-refractivity contribution is -0.114. The molecule has 0 fully saturated rings. The summed E-state index contributed by atoms with van der Waals surface area (Å²) in [5.41, 5.74) is 1.53. The van der Waals surface area contributed by atoms with E-state index < -0.39 is 0 Å². The minimum Gasteiger partial charge on any atom is -0.491 e. The maximum Gasteiger partial charge on any atom is 0.243 e.